The maximum Gasteiger partial charge on any atom is 0.325 e. The van der Waals surface area contributed by atoms with Crippen molar-refractivity contribution in [3.05, 3.63) is 58.3 Å². The van der Waals surface area contributed by atoms with Crippen LogP contribution < -0.4 is 10.2 Å². The monoisotopic (exact) mass is 381 g/mol. The van der Waals surface area contributed by atoms with Crippen molar-refractivity contribution in [1.29, 1.82) is 0 Å². The van der Waals surface area contributed by atoms with Gasteiger partial charge in [0.05, 0.1) is 10.7 Å². The molecule has 1 fully saturated rings. The second kappa shape index (κ2) is 7.29. The highest BCUT2D eigenvalue weighted by Gasteiger charge is 2.30. The molecule has 1 N–H and O–H groups in total. The summed E-state index contributed by atoms with van der Waals surface area (Å²) in [6.45, 7) is 0.729. The Morgan fingerprint density at radius 3 is 2.52 bits per heavy atom. The van der Waals surface area contributed by atoms with Gasteiger partial charge in [0, 0.05) is 23.8 Å². The van der Waals surface area contributed by atoms with Gasteiger partial charge in [-0.05, 0) is 42.5 Å². The van der Waals surface area contributed by atoms with Crippen molar-refractivity contribution in [2.45, 2.75) is 0 Å². The number of hydrogen-bond donors (Lipinski definition) is 1. The van der Waals surface area contributed by atoms with Crippen molar-refractivity contribution < 1.29 is 14.0 Å². The molecule has 0 unspecified atom stereocenters. The van der Waals surface area contributed by atoms with E-state index in [2.05, 4.69) is 5.32 Å². The quantitative estimate of drug-likeness (QED) is 0.869. The normalized spacial score (nSPS) is 14.1. The highest BCUT2D eigenvalue weighted by atomic mass is 35.5. The SMILES string of the molecule is O=C(CN1CCN(c2ccc(F)cc2)C1=O)Nc1ccc(Cl)cc1Cl. The van der Waals surface area contributed by atoms with Gasteiger partial charge in [-0.1, -0.05) is 23.2 Å². The Hall–Kier alpha value is -2.31. The van der Waals surface area contributed by atoms with Gasteiger partial charge in [0.2, 0.25) is 5.91 Å². The van der Waals surface area contributed by atoms with Crippen molar-refractivity contribution >= 4 is 46.5 Å². The second-order valence-corrected chi connectivity index (χ2v) is 6.35. The first-order chi connectivity index (χ1) is 11.9. The number of carbonyl (C=O) groups excluding carboxylic acids is 2. The molecule has 1 saturated heterocycles. The van der Waals surface area contributed by atoms with E-state index in [1.54, 1.807) is 12.1 Å². The van der Waals surface area contributed by atoms with Crippen LogP contribution in [-0.2, 0) is 4.79 Å². The highest BCUT2D eigenvalue weighted by molar-refractivity contribution is 6.36. The molecular formula is C17H14Cl2FN3O2. The number of nitrogens with zero attached hydrogens (tertiary/aromatic N) is 2. The minimum absolute atomic E-state index is 0.102. The van der Waals surface area contributed by atoms with Gasteiger partial charge in [-0.15, -0.1) is 0 Å². The second-order valence-electron chi connectivity index (χ2n) is 5.50. The number of nitrogens with one attached hydrogen (secondary N) is 1. The van der Waals surface area contributed by atoms with Crippen LogP contribution in [-0.4, -0.2) is 36.5 Å². The standard InChI is InChI=1S/C17H14Cl2FN3O2/c18-11-1-6-15(14(19)9-11)21-16(24)10-22-7-8-23(17(22)25)13-4-2-12(20)3-5-13/h1-6,9H,7-8,10H2,(H,21,24). The summed E-state index contributed by atoms with van der Waals surface area (Å²) in [5.74, 6) is -0.731. The van der Waals surface area contributed by atoms with E-state index in [-0.39, 0.29) is 24.3 Å². The Bertz CT molecular complexity index is 814. The van der Waals surface area contributed by atoms with E-state index in [0.29, 0.717) is 34.5 Å². The van der Waals surface area contributed by atoms with Crippen molar-refractivity contribution in [2.75, 3.05) is 29.9 Å². The van der Waals surface area contributed by atoms with E-state index in [4.69, 9.17) is 23.2 Å². The maximum atomic E-state index is 13.0. The Kier molecular flexibility index (Phi) is 5.11. The van der Waals surface area contributed by atoms with E-state index in [1.807, 2.05) is 0 Å². The summed E-state index contributed by atoms with van der Waals surface area (Å²) in [5.41, 5.74) is 1.02. The molecule has 0 aromatic heterocycles. The van der Waals surface area contributed by atoms with E-state index in [1.165, 1.54) is 40.1 Å². The fourth-order valence-electron chi connectivity index (χ4n) is 2.54. The molecular weight excluding hydrogens is 368 g/mol. The van der Waals surface area contributed by atoms with Crippen molar-refractivity contribution in [1.82, 2.24) is 4.90 Å². The van der Waals surface area contributed by atoms with Crippen LogP contribution in [0.1, 0.15) is 0 Å². The molecule has 3 amide bonds. The lowest BCUT2D eigenvalue weighted by atomic mass is 10.3. The van der Waals surface area contributed by atoms with Gasteiger partial charge in [-0.25, -0.2) is 9.18 Å². The van der Waals surface area contributed by atoms with Crippen LogP contribution in [0.5, 0.6) is 0 Å². The summed E-state index contributed by atoms with van der Waals surface area (Å²) in [6.07, 6.45) is 0. The molecule has 5 nitrogen and oxygen atoms in total. The lowest BCUT2D eigenvalue weighted by molar-refractivity contribution is -0.116. The molecule has 1 heterocycles. The summed E-state index contributed by atoms with van der Waals surface area (Å²) in [7, 11) is 0. The third-order valence-corrected chi connectivity index (χ3v) is 4.32. The number of benzene rings is 2. The van der Waals surface area contributed by atoms with Crippen molar-refractivity contribution in [2.24, 2.45) is 0 Å². The summed E-state index contributed by atoms with van der Waals surface area (Å²) < 4.78 is 13.0. The molecule has 3 rings (SSSR count). The predicted molar refractivity (Wildman–Crippen MR) is 95.8 cm³/mol. The Balaban J connectivity index is 1.62. The number of rotatable bonds is 4. The minimum atomic E-state index is -0.369. The number of anilines is 2. The molecule has 0 aliphatic carbocycles. The van der Waals surface area contributed by atoms with Gasteiger partial charge < -0.3 is 10.2 Å². The third kappa shape index (κ3) is 4.03. The van der Waals surface area contributed by atoms with E-state index in [9.17, 15) is 14.0 Å². The maximum absolute atomic E-state index is 13.0. The summed E-state index contributed by atoms with van der Waals surface area (Å²) in [4.78, 5) is 27.5. The lowest BCUT2D eigenvalue weighted by Gasteiger charge is -2.18. The molecule has 0 spiro atoms. The lowest BCUT2D eigenvalue weighted by Crippen LogP contribution is -2.37. The van der Waals surface area contributed by atoms with Gasteiger partial charge in [0.25, 0.3) is 0 Å². The molecule has 25 heavy (non-hydrogen) atoms. The fourth-order valence-corrected chi connectivity index (χ4v) is 3.00. The van der Waals surface area contributed by atoms with Gasteiger partial charge in [0.15, 0.2) is 0 Å². The van der Waals surface area contributed by atoms with E-state index >= 15 is 0 Å². The fraction of sp³-hybridized carbons (Fsp3) is 0.176. The van der Waals surface area contributed by atoms with E-state index < -0.39 is 0 Å². The van der Waals surface area contributed by atoms with Gasteiger partial charge in [-0.2, -0.15) is 0 Å². The first-order valence-electron chi connectivity index (χ1n) is 7.51. The van der Waals surface area contributed by atoms with Gasteiger partial charge in [-0.3, -0.25) is 9.69 Å². The zero-order valence-corrected chi connectivity index (χ0v) is 14.5. The number of hydrogen-bond acceptors (Lipinski definition) is 2. The zero-order chi connectivity index (χ0) is 18.0. The van der Waals surface area contributed by atoms with Crippen LogP contribution >= 0.6 is 23.2 Å². The topological polar surface area (TPSA) is 52.7 Å². The van der Waals surface area contributed by atoms with Gasteiger partial charge in [0.1, 0.15) is 12.4 Å². The molecule has 1 aliphatic heterocycles. The van der Waals surface area contributed by atoms with Gasteiger partial charge >= 0.3 is 6.03 Å². The number of urea groups is 1. The zero-order valence-electron chi connectivity index (χ0n) is 13.0. The average molecular weight is 382 g/mol. The average Bonchev–Trinajstić information content (AvgIpc) is 2.92. The molecule has 2 aromatic carbocycles. The van der Waals surface area contributed by atoms with Crippen LogP contribution in [0.25, 0.3) is 0 Å². The largest absolute Gasteiger partial charge is 0.325 e. The molecule has 1 aliphatic rings. The van der Waals surface area contributed by atoms with E-state index in [0.717, 1.165) is 0 Å². The molecule has 0 saturated carbocycles. The molecule has 2 aromatic rings. The smallest absolute Gasteiger partial charge is 0.323 e. The van der Waals surface area contributed by atoms with Crippen LogP contribution in [0.15, 0.2) is 42.5 Å². The van der Waals surface area contributed by atoms with Crippen LogP contribution in [0.2, 0.25) is 10.0 Å². The van der Waals surface area contributed by atoms with Crippen LogP contribution in [0.4, 0.5) is 20.6 Å². The Morgan fingerprint density at radius 2 is 1.84 bits per heavy atom. The molecule has 0 atom stereocenters. The third-order valence-electron chi connectivity index (χ3n) is 3.77. The van der Waals surface area contributed by atoms with Crippen LogP contribution in [0.3, 0.4) is 0 Å². The summed E-state index contributed by atoms with van der Waals surface area (Å²) in [6, 6.07) is 10.1. The Labute approximate surface area is 153 Å². The van der Waals surface area contributed by atoms with Crippen molar-refractivity contribution in [3.8, 4) is 0 Å². The molecule has 8 heteroatoms. The molecule has 130 valence electrons. The Morgan fingerprint density at radius 1 is 1.12 bits per heavy atom. The summed E-state index contributed by atoms with van der Waals surface area (Å²) >= 11 is 11.8. The number of amides is 3. The first kappa shape index (κ1) is 17.5. The first-order valence-corrected chi connectivity index (χ1v) is 8.26. The van der Waals surface area contributed by atoms with Crippen molar-refractivity contribution in [3.63, 3.8) is 0 Å². The molecule has 0 bridgehead atoms. The summed E-state index contributed by atoms with van der Waals surface area (Å²) in [5, 5.41) is 3.44. The minimum Gasteiger partial charge on any atom is -0.323 e. The van der Waals surface area contributed by atoms with Crippen LogP contribution in [0, 0.1) is 5.82 Å². The number of carbonyl (C=O) groups is 2. The predicted octanol–water partition coefficient (Wildman–Crippen LogP) is 4.01. The number of halogens is 3. The molecule has 0 radical (unpaired) electrons. The highest BCUT2D eigenvalue weighted by Crippen LogP contribution is 2.25.